The fourth-order valence-electron chi connectivity index (χ4n) is 3.17. The van der Waals surface area contributed by atoms with E-state index in [-0.39, 0.29) is 11.7 Å². The van der Waals surface area contributed by atoms with Crippen LogP contribution >= 0.6 is 11.3 Å². The topological polar surface area (TPSA) is 59.8 Å². The second-order valence-corrected chi connectivity index (χ2v) is 7.64. The molecule has 5 aromatic rings. The number of nitrogens with zero attached hydrogens (tertiary/aromatic N) is 3. The van der Waals surface area contributed by atoms with Gasteiger partial charge < -0.3 is 0 Å². The maximum Gasteiger partial charge on any atom is 0.276 e. The van der Waals surface area contributed by atoms with E-state index in [1.165, 1.54) is 23.5 Å². The lowest BCUT2D eigenvalue weighted by Crippen LogP contribution is -2.16. The third-order valence-electron chi connectivity index (χ3n) is 4.58. The molecule has 0 aliphatic heterocycles. The summed E-state index contributed by atoms with van der Waals surface area (Å²) >= 11 is 1.23. The minimum absolute atomic E-state index is 0.335. The van der Waals surface area contributed by atoms with Gasteiger partial charge in [0, 0.05) is 5.56 Å². The zero-order chi connectivity index (χ0) is 20.5. The number of carbonyl (C=O) groups is 1. The molecule has 30 heavy (non-hydrogen) atoms. The molecule has 0 bridgehead atoms. The maximum atomic E-state index is 13.5. The molecule has 2 heterocycles. The summed E-state index contributed by atoms with van der Waals surface area (Å²) in [5, 5.41) is 7.89. The first-order valence-electron chi connectivity index (χ1n) is 9.26. The first-order chi connectivity index (χ1) is 14.7. The lowest BCUT2D eigenvalue weighted by molar-refractivity contribution is 0.101. The van der Waals surface area contributed by atoms with Gasteiger partial charge in [0.05, 0.1) is 21.6 Å². The van der Waals surface area contributed by atoms with Gasteiger partial charge in [-0.2, -0.15) is 5.10 Å². The van der Waals surface area contributed by atoms with Crippen molar-refractivity contribution in [3.05, 3.63) is 96.4 Å². The monoisotopic (exact) mass is 414 g/mol. The molecule has 1 N–H and O–H groups in total. The molecule has 146 valence electrons. The van der Waals surface area contributed by atoms with E-state index in [0.717, 1.165) is 11.3 Å². The molecular weight excluding hydrogens is 399 g/mol. The number of aromatic nitrogens is 3. The second kappa shape index (κ2) is 7.53. The SMILES string of the molecule is O=C(Nc1nc2ccc(F)cc2s1)c1cc(-c2ccccc2)nn1-c1ccccc1. The molecule has 7 heteroatoms. The van der Waals surface area contributed by atoms with Crippen LogP contribution in [0.5, 0.6) is 0 Å². The van der Waals surface area contributed by atoms with Crippen molar-refractivity contribution in [2.75, 3.05) is 5.32 Å². The summed E-state index contributed by atoms with van der Waals surface area (Å²) in [4.78, 5) is 17.5. The summed E-state index contributed by atoms with van der Waals surface area (Å²) in [5.74, 6) is -0.674. The van der Waals surface area contributed by atoms with Crippen molar-refractivity contribution in [3.63, 3.8) is 0 Å². The van der Waals surface area contributed by atoms with Crippen LogP contribution in [0.15, 0.2) is 84.9 Å². The molecule has 0 unspecified atom stereocenters. The first-order valence-corrected chi connectivity index (χ1v) is 10.1. The molecule has 0 spiro atoms. The van der Waals surface area contributed by atoms with E-state index in [2.05, 4.69) is 15.4 Å². The van der Waals surface area contributed by atoms with Crippen LogP contribution in [0.25, 0.3) is 27.2 Å². The Kier molecular flexibility index (Phi) is 4.57. The average Bonchev–Trinajstić information content (AvgIpc) is 3.39. The molecule has 0 saturated carbocycles. The summed E-state index contributed by atoms with van der Waals surface area (Å²) < 4.78 is 15.7. The van der Waals surface area contributed by atoms with Gasteiger partial charge in [-0.25, -0.2) is 14.1 Å². The minimum atomic E-state index is -0.340. The lowest BCUT2D eigenvalue weighted by atomic mass is 10.1. The van der Waals surface area contributed by atoms with Crippen LogP contribution in [0.1, 0.15) is 10.5 Å². The molecule has 5 nitrogen and oxygen atoms in total. The van der Waals surface area contributed by atoms with Gasteiger partial charge in [-0.3, -0.25) is 10.1 Å². The van der Waals surface area contributed by atoms with Gasteiger partial charge in [-0.05, 0) is 36.4 Å². The molecule has 1 amide bonds. The van der Waals surface area contributed by atoms with Gasteiger partial charge in [0.1, 0.15) is 11.5 Å². The van der Waals surface area contributed by atoms with Crippen molar-refractivity contribution >= 4 is 32.6 Å². The highest BCUT2D eigenvalue weighted by atomic mass is 32.1. The van der Waals surface area contributed by atoms with E-state index in [1.54, 1.807) is 16.8 Å². The van der Waals surface area contributed by atoms with Crippen LogP contribution in [0, 0.1) is 5.82 Å². The molecule has 3 aromatic carbocycles. The number of nitrogens with one attached hydrogen (secondary N) is 1. The van der Waals surface area contributed by atoms with Gasteiger partial charge in [0.2, 0.25) is 0 Å². The maximum absolute atomic E-state index is 13.5. The van der Waals surface area contributed by atoms with Crippen LogP contribution < -0.4 is 5.32 Å². The first kappa shape index (κ1) is 18.2. The summed E-state index contributed by atoms with van der Waals surface area (Å²) in [5.41, 5.74) is 3.40. The number of fused-ring (bicyclic) bond motifs is 1. The van der Waals surface area contributed by atoms with Crippen molar-refractivity contribution < 1.29 is 9.18 Å². The normalized spacial score (nSPS) is 11.0. The molecule has 0 radical (unpaired) electrons. The summed E-state index contributed by atoms with van der Waals surface area (Å²) in [7, 11) is 0. The standard InChI is InChI=1S/C23H15FN4OS/c24-16-11-12-18-21(13-16)30-23(25-18)26-22(29)20-14-19(15-7-3-1-4-8-15)27-28(20)17-9-5-2-6-10-17/h1-14H,(H,25,26,29). The number of benzene rings is 3. The van der Waals surface area contributed by atoms with E-state index in [1.807, 2.05) is 60.7 Å². The van der Waals surface area contributed by atoms with Crippen molar-refractivity contribution in [1.29, 1.82) is 0 Å². The third kappa shape index (κ3) is 3.46. The average molecular weight is 414 g/mol. The molecule has 5 rings (SSSR count). The van der Waals surface area contributed by atoms with E-state index < -0.39 is 0 Å². The van der Waals surface area contributed by atoms with Gasteiger partial charge in [0.15, 0.2) is 5.13 Å². The van der Waals surface area contributed by atoms with Crippen molar-refractivity contribution in [1.82, 2.24) is 14.8 Å². The van der Waals surface area contributed by atoms with E-state index in [9.17, 15) is 9.18 Å². The Labute approximate surface area is 175 Å². The smallest absolute Gasteiger partial charge is 0.276 e. The van der Waals surface area contributed by atoms with Crippen molar-refractivity contribution in [2.45, 2.75) is 0 Å². The minimum Gasteiger partial charge on any atom is -0.296 e. The largest absolute Gasteiger partial charge is 0.296 e. The number of carbonyl (C=O) groups excluding carboxylic acids is 1. The van der Waals surface area contributed by atoms with Crippen LogP contribution in [0.4, 0.5) is 9.52 Å². The van der Waals surface area contributed by atoms with E-state index in [4.69, 9.17) is 0 Å². The van der Waals surface area contributed by atoms with Crippen molar-refractivity contribution in [2.24, 2.45) is 0 Å². The number of para-hydroxylation sites is 1. The number of rotatable bonds is 4. The molecule has 0 aliphatic carbocycles. The van der Waals surface area contributed by atoms with Crippen LogP contribution in [-0.4, -0.2) is 20.7 Å². The molecule has 0 atom stereocenters. The highest BCUT2D eigenvalue weighted by Crippen LogP contribution is 2.28. The molecule has 0 aliphatic rings. The molecular formula is C23H15FN4OS. The van der Waals surface area contributed by atoms with Gasteiger partial charge in [0.25, 0.3) is 5.91 Å². The Balaban J connectivity index is 1.54. The van der Waals surface area contributed by atoms with E-state index in [0.29, 0.717) is 26.7 Å². The number of halogens is 1. The Hall–Kier alpha value is -3.84. The highest BCUT2D eigenvalue weighted by Gasteiger charge is 2.19. The van der Waals surface area contributed by atoms with Crippen LogP contribution in [-0.2, 0) is 0 Å². The zero-order valence-electron chi connectivity index (χ0n) is 15.6. The highest BCUT2D eigenvalue weighted by molar-refractivity contribution is 7.22. The second-order valence-electron chi connectivity index (χ2n) is 6.61. The fourth-order valence-corrected chi connectivity index (χ4v) is 4.06. The summed E-state index contributed by atoms with van der Waals surface area (Å²) in [6.07, 6.45) is 0. The fraction of sp³-hybridized carbons (Fsp3) is 0. The predicted octanol–water partition coefficient (Wildman–Crippen LogP) is 5.54. The quantitative estimate of drug-likeness (QED) is 0.420. The van der Waals surface area contributed by atoms with Gasteiger partial charge >= 0.3 is 0 Å². The number of hydrogen-bond acceptors (Lipinski definition) is 4. The molecule has 2 aromatic heterocycles. The predicted molar refractivity (Wildman–Crippen MR) is 117 cm³/mol. The molecule has 0 saturated heterocycles. The van der Waals surface area contributed by atoms with Crippen molar-refractivity contribution in [3.8, 4) is 16.9 Å². The van der Waals surface area contributed by atoms with Crippen LogP contribution in [0.2, 0.25) is 0 Å². The Morgan fingerprint density at radius 1 is 0.933 bits per heavy atom. The summed E-state index contributed by atoms with van der Waals surface area (Å²) in [6.45, 7) is 0. The van der Waals surface area contributed by atoms with Crippen LogP contribution in [0.3, 0.4) is 0 Å². The lowest BCUT2D eigenvalue weighted by Gasteiger charge is -2.06. The summed E-state index contributed by atoms with van der Waals surface area (Å²) in [6, 6.07) is 25.3. The number of amides is 1. The third-order valence-corrected chi connectivity index (χ3v) is 5.52. The molecule has 0 fully saturated rings. The Morgan fingerprint density at radius 2 is 1.67 bits per heavy atom. The van der Waals surface area contributed by atoms with Gasteiger partial charge in [-0.15, -0.1) is 0 Å². The number of anilines is 1. The van der Waals surface area contributed by atoms with Gasteiger partial charge in [-0.1, -0.05) is 59.9 Å². The Morgan fingerprint density at radius 3 is 2.43 bits per heavy atom. The number of thiazole rings is 1. The Bertz CT molecular complexity index is 1350. The number of hydrogen-bond donors (Lipinski definition) is 1. The van der Waals surface area contributed by atoms with E-state index >= 15 is 0 Å². The zero-order valence-corrected chi connectivity index (χ0v) is 16.4.